The van der Waals surface area contributed by atoms with Gasteiger partial charge in [0.15, 0.2) is 5.65 Å². The molecular formula is C18H26N6O4. The zero-order chi connectivity index (χ0) is 20.1. The van der Waals surface area contributed by atoms with Crippen molar-refractivity contribution in [3.63, 3.8) is 0 Å². The van der Waals surface area contributed by atoms with E-state index >= 15 is 0 Å². The first kappa shape index (κ1) is 20.0. The van der Waals surface area contributed by atoms with Gasteiger partial charge in [0, 0.05) is 38.0 Å². The Morgan fingerprint density at radius 3 is 2.64 bits per heavy atom. The lowest BCUT2D eigenvalue weighted by atomic mass is 10.1. The normalized spacial score (nSPS) is 17.2. The topological polar surface area (TPSA) is 132 Å². The summed E-state index contributed by atoms with van der Waals surface area (Å²) in [6.45, 7) is 7.18. The van der Waals surface area contributed by atoms with Crippen molar-refractivity contribution in [2.75, 3.05) is 31.6 Å². The van der Waals surface area contributed by atoms with Crippen LogP contribution in [0, 0.1) is 0 Å². The molecule has 4 N–H and O–H groups in total. The van der Waals surface area contributed by atoms with Crippen LogP contribution in [0.5, 0.6) is 0 Å². The Hall–Kier alpha value is -2.72. The molecule has 1 fully saturated rings. The summed E-state index contributed by atoms with van der Waals surface area (Å²) in [5.41, 5.74) is 0.570. The first-order valence-corrected chi connectivity index (χ1v) is 9.42. The average Bonchev–Trinajstić information content (AvgIpc) is 3.05. The Kier molecular flexibility index (Phi) is 6.42. The van der Waals surface area contributed by atoms with Crippen molar-refractivity contribution < 1.29 is 14.3 Å². The predicted molar refractivity (Wildman–Crippen MR) is 104 cm³/mol. The number of imidazole rings is 1. The quantitative estimate of drug-likeness (QED) is 0.534. The Morgan fingerprint density at radius 2 is 1.89 bits per heavy atom. The van der Waals surface area contributed by atoms with Gasteiger partial charge in [0.05, 0.1) is 18.7 Å². The molecule has 10 nitrogen and oxygen atoms in total. The lowest BCUT2D eigenvalue weighted by molar-refractivity contribution is -0.125. The highest BCUT2D eigenvalue weighted by Crippen LogP contribution is 2.11. The van der Waals surface area contributed by atoms with Gasteiger partial charge in [-0.1, -0.05) is 0 Å². The van der Waals surface area contributed by atoms with Crippen LogP contribution in [0.4, 0.5) is 5.82 Å². The molecule has 0 spiro atoms. The van der Waals surface area contributed by atoms with Crippen molar-refractivity contribution in [1.82, 2.24) is 25.2 Å². The Morgan fingerprint density at radius 1 is 1.18 bits per heavy atom. The molecule has 2 atom stereocenters. The summed E-state index contributed by atoms with van der Waals surface area (Å²) < 4.78 is 5.35. The standard InChI is InChI=1S/C18H26N6O4/c1-11(12(2)24-7-9-28-10-8-24)19-15(25)5-6-16(26)21-14-4-3-13-17(22-14)23-18(27)20-13/h3-4,11-12H,5-10H2,1-2H3,(H,19,25)(H3,20,21,22,23,26,27). The molecule has 2 aromatic heterocycles. The third kappa shape index (κ3) is 5.17. The molecular weight excluding hydrogens is 364 g/mol. The van der Waals surface area contributed by atoms with E-state index in [1.54, 1.807) is 12.1 Å². The van der Waals surface area contributed by atoms with Gasteiger partial charge in [-0.15, -0.1) is 0 Å². The van der Waals surface area contributed by atoms with E-state index in [0.29, 0.717) is 30.2 Å². The fourth-order valence-electron chi connectivity index (χ4n) is 3.17. The van der Waals surface area contributed by atoms with Crippen LogP contribution >= 0.6 is 0 Å². The van der Waals surface area contributed by atoms with Gasteiger partial charge in [-0.3, -0.25) is 19.5 Å². The molecule has 1 aliphatic rings. The molecule has 0 radical (unpaired) electrons. The van der Waals surface area contributed by atoms with Gasteiger partial charge in [-0.05, 0) is 26.0 Å². The first-order chi connectivity index (χ1) is 13.4. The van der Waals surface area contributed by atoms with Gasteiger partial charge in [0.2, 0.25) is 11.8 Å². The number of aromatic nitrogens is 3. The number of carbonyl (C=O) groups excluding carboxylic acids is 2. The lowest BCUT2D eigenvalue weighted by Crippen LogP contribution is -2.52. The van der Waals surface area contributed by atoms with E-state index in [1.807, 2.05) is 6.92 Å². The molecule has 2 unspecified atom stereocenters. The number of nitrogens with zero attached hydrogens (tertiary/aromatic N) is 2. The van der Waals surface area contributed by atoms with Crippen LogP contribution in [-0.2, 0) is 14.3 Å². The largest absolute Gasteiger partial charge is 0.379 e. The van der Waals surface area contributed by atoms with E-state index < -0.39 is 0 Å². The van der Waals surface area contributed by atoms with Gasteiger partial charge >= 0.3 is 5.69 Å². The predicted octanol–water partition coefficient (Wildman–Crippen LogP) is 0.195. The number of pyridine rings is 1. The number of amides is 2. The molecule has 10 heteroatoms. The number of hydrogen-bond donors (Lipinski definition) is 4. The zero-order valence-corrected chi connectivity index (χ0v) is 16.1. The molecule has 0 bridgehead atoms. The molecule has 0 aliphatic carbocycles. The maximum Gasteiger partial charge on any atom is 0.325 e. The molecule has 1 aliphatic heterocycles. The van der Waals surface area contributed by atoms with Crippen molar-refractivity contribution >= 4 is 28.8 Å². The van der Waals surface area contributed by atoms with Crippen LogP contribution < -0.4 is 16.3 Å². The summed E-state index contributed by atoms with van der Waals surface area (Å²) in [6, 6.07) is 3.41. The second-order valence-corrected chi connectivity index (χ2v) is 6.97. The summed E-state index contributed by atoms with van der Waals surface area (Å²) >= 11 is 0. The molecule has 2 aromatic rings. The third-order valence-corrected chi connectivity index (χ3v) is 4.96. The minimum Gasteiger partial charge on any atom is -0.379 e. The number of ether oxygens (including phenoxy) is 1. The zero-order valence-electron chi connectivity index (χ0n) is 16.1. The number of rotatable bonds is 7. The van der Waals surface area contributed by atoms with Crippen LogP contribution in [0.3, 0.4) is 0 Å². The first-order valence-electron chi connectivity index (χ1n) is 9.42. The van der Waals surface area contributed by atoms with Gasteiger partial charge in [-0.25, -0.2) is 9.78 Å². The number of anilines is 1. The van der Waals surface area contributed by atoms with E-state index in [9.17, 15) is 14.4 Å². The van der Waals surface area contributed by atoms with Gasteiger partial charge in [0.25, 0.3) is 0 Å². The summed E-state index contributed by atoms with van der Waals surface area (Å²) in [5, 5.41) is 5.60. The lowest BCUT2D eigenvalue weighted by Gasteiger charge is -2.35. The van der Waals surface area contributed by atoms with Crippen molar-refractivity contribution in [2.45, 2.75) is 38.8 Å². The molecule has 152 valence electrons. The van der Waals surface area contributed by atoms with E-state index in [0.717, 1.165) is 13.1 Å². The highest BCUT2D eigenvalue weighted by Gasteiger charge is 2.23. The van der Waals surface area contributed by atoms with E-state index in [2.05, 4.69) is 37.4 Å². The van der Waals surface area contributed by atoms with E-state index in [1.165, 1.54) is 0 Å². The minimum atomic E-state index is -0.358. The van der Waals surface area contributed by atoms with Crippen LogP contribution in [0.1, 0.15) is 26.7 Å². The second-order valence-electron chi connectivity index (χ2n) is 6.97. The fraction of sp³-hybridized carbons (Fsp3) is 0.556. The second kappa shape index (κ2) is 8.98. The monoisotopic (exact) mass is 390 g/mol. The van der Waals surface area contributed by atoms with Crippen molar-refractivity contribution in [3.05, 3.63) is 22.6 Å². The molecule has 0 aromatic carbocycles. The number of aromatic amines is 2. The summed E-state index contributed by atoms with van der Waals surface area (Å²) in [7, 11) is 0. The number of hydrogen-bond acceptors (Lipinski definition) is 6. The summed E-state index contributed by atoms with van der Waals surface area (Å²) in [6.07, 6.45) is 0.142. The van der Waals surface area contributed by atoms with Crippen LogP contribution in [0.25, 0.3) is 11.2 Å². The molecule has 1 saturated heterocycles. The number of carbonyl (C=O) groups is 2. The number of morpholine rings is 1. The maximum absolute atomic E-state index is 12.2. The van der Waals surface area contributed by atoms with E-state index in [4.69, 9.17) is 4.74 Å². The third-order valence-electron chi connectivity index (χ3n) is 4.96. The summed E-state index contributed by atoms with van der Waals surface area (Å²) in [5.74, 6) is -0.155. The summed E-state index contributed by atoms with van der Waals surface area (Å²) in [4.78, 5) is 47.1. The average molecular weight is 390 g/mol. The van der Waals surface area contributed by atoms with Crippen molar-refractivity contribution in [2.24, 2.45) is 0 Å². The SMILES string of the molecule is CC(NC(=O)CCC(=O)Nc1ccc2[nH]c(=O)[nH]c2n1)C(C)N1CCOCC1. The van der Waals surface area contributed by atoms with Crippen LogP contribution in [-0.4, -0.2) is 70.1 Å². The van der Waals surface area contributed by atoms with Crippen LogP contribution in [0.2, 0.25) is 0 Å². The van der Waals surface area contributed by atoms with Gasteiger partial charge in [0.1, 0.15) is 5.82 Å². The highest BCUT2D eigenvalue weighted by molar-refractivity contribution is 5.93. The molecule has 2 amide bonds. The van der Waals surface area contributed by atoms with E-state index in [-0.39, 0.29) is 42.4 Å². The number of H-pyrrole nitrogens is 2. The molecule has 3 rings (SSSR count). The Labute approximate surface area is 162 Å². The molecule has 0 saturated carbocycles. The fourth-order valence-corrected chi connectivity index (χ4v) is 3.17. The smallest absolute Gasteiger partial charge is 0.325 e. The molecule has 3 heterocycles. The Balaban J connectivity index is 1.43. The van der Waals surface area contributed by atoms with Gasteiger partial charge in [-0.2, -0.15) is 0 Å². The number of nitrogens with one attached hydrogen (secondary N) is 4. The molecule has 28 heavy (non-hydrogen) atoms. The maximum atomic E-state index is 12.2. The van der Waals surface area contributed by atoms with Gasteiger partial charge < -0.3 is 20.4 Å². The van der Waals surface area contributed by atoms with Crippen LogP contribution in [0.15, 0.2) is 16.9 Å². The minimum absolute atomic E-state index is 0.0249. The highest BCUT2D eigenvalue weighted by atomic mass is 16.5. The number of fused-ring (bicyclic) bond motifs is 1. The Bertz CT molecular complexity index is 886. The van der Waals surface area contributed by atoms with Crippen molar-refractivity contribution in [3.8, 4) is 0 Å². The van der Waals surface area contributed by atoms with Crippen molar-refractivity contribution in [1.29, 1.82) is 0 Å².